The van der Waals surface area contributed by atoms with E-state index in [0.29, 0.717) is 31.0 Å². The standard InChI is InChI=1S/C20H28N2O3/c1-14-12-22(20(25)16-9-5-6-10-18(16)23)13-17(14)21-19(24)11-15-7-3-2-4-8-15/h5-6,9-10,14-15,17,23H,2-4,7-8,11-13H2,1H3,(H,21,24)/t14-,17-/m1/s1. The van der Waals surface area contributed by atoms with Crippen LogP contribution in [0.25, 0.3) is 0 Å². The predicted octanol–water partition coefficient (Wildman–Crippen LogP) is 2.94. The maximum Gasteiger partial charge on any atom is 0.257 e. The van der Waals surface area contributed by atoms with Crippen LogP contribution in [0.2, 0.25) is 0 Å². The first-order chi connectivity index (χ1) is 12.0. The van der Waals surface area contributed by atoms with Crippen LogP contribution in [0, 0.1) is 11.8 Å². The number of phenols is 1. The second-order valence-corrected chi connectivity index (χ2v) is 7.59. The third kappa shape index (κ3) is 4.33. The Morgan fingerprint density at radius 3 is 2.60 bits per heavy atom. The molecule has 1 aliphatic carbocycles. The van der Waals surface area contributed by atoms with Gasteiger partial charge in [0.2, 0.25) is 5.91 Å². The molecule has 1 aliphatic heterocycles. The lowest BCUT2D eigenvalue weighted by atomic mass is 9.86. The van der Waals surface area contributed by atoms with Crippen LogP contribution in [0.4, 0.5) is 0 Å². The highest BCUT2D eigenvalue weighted by atomic mass is 16.3. The number of hydrogen-bond donors (Lipinski definition) is 2. The van der Waals surface area contributed by atoms with Crippen molar-refractivity contribution < 1.29 is 14.7 Å². The molecule has 2 fully saturated rings. The van der Waals surface area contributed by atoms with Crippen LogP contribution in [0.3, 0.4) is 0 Å². The lowest BCUT2D eigenvalue weighted by Crippen LogP contribution is -2.41. The van der Waals surface area contributed by atoms with Gasteiger partial charge in [0, 0.05) is 19.5 Å². The molecule has 5 nitrogen and oxygen atoms in total. The van der Waals surface area contributed by atoms with Crippen molar-refractivity contribution in [3.05, 3.63) is 29.8 Å². The van der Waals surface area contributed by atoms with E-state index >= 15 is 0 Å². The summed E-state index contributed by atoms with van der Waals surface area (Å²) in [5.41, 5.74) is 0.323. The molecule has 0 bridgehead atoms. The van der Waals surface area contributed by atoms with Gasteiger partial charge in [0.1, 0.15) is 5.75 Å². The molecule has 3 rings (SSSR count). The van der Waals surface area contributed by atoms with E-state index in [4.69, 9.17) is 0 Å². The number of nitrogens with one attached hydrogen (secondary N) is 1. The van der Waals surface area contributed by atoms with Gasteiger partial charge in [-0.1, -0.05) is 38.3 Å². The second kappa shape index (κ2) is 7.89. The summed E-state index contributed by atoms with van der Waals surface area (Å²) in [5.74, 6) is 0.675. The van der Waals surface area contributed by atoms with Crippen molar-refractivity contribution in [2.45, 2.75) is 51.5 Å². The summed E-state index contributed by atoms with van der Waals surface area (Å²) in [5, 5.41) is 13.0. The molecule has 1 aromatic carbocycles. The number of likely N-dealkylation sites (tertiary alicyclic amines) is 1. The molecule has 25 heavy (non-hydrogen) atoms. The van der Waals surface area contributed by atoms with Gasteiger partial charge in [0.05, 0.1) is 11.6 Å². The van der Waals surface area contributed by atoms with Crippen LogP contribution < -0.4 is 5.32 Å². The minimum atomic E-state index is -0.172. The van der Waals surface area contributed by atoms with E-state index in [2.05, 4.69) is 12.2 Å². The predicted molar refractivity (Wildman–Crippen MR) is 96.3 cm³/mol. The number of carbonyl (C=O) groups is 2. The van der Waals surface area contributed by atoms with Gasteiger partial charge in [-0.05, 0) is 36.8 Å². The van der Waals surface area contributed by atoms with Crippen molar-refractivity contribution in [3.63, 3.8) is 0 Å². The van der Waals surface area contributed by atoms with Gasteiger partial charge in [-0.3, -0.25) is 9.59 Å². The Balaban J connectivity index is 1.55. The summed E-state index contributed by atoms with van der Waals surface area (Å²) in [6.07, 6.45) is 6.69. The molecular formula is C20H28N2O3. The Kier molecular flexibility index (Phi) is 5.61. The molecule has 5 heteroatoms. The second-order valence-electron chi connectivity index (χ2n) is 7.59. The van der Waals surface area contributed by atoms with E-state index in [-0.39, 0.29) is 29.5 Å². The maximum atomic E-state index is 12.6. The quantitative estimate of drug-likeness (QED) is 0.882. The van der Waals surface area contributed by atoms with Crippen LogP contribution in [0.1, 0.15) is 55.8 Å². The third-order valence-electron chi connectivity index (χ3n) is 5.58. The Morgan fingerprint density at radius 1 is 1.16 bits per heavy atom. The SMILES string of the molecule is C[C@@H]1CN(C(=O)c2ccccc2O)C[C@H]1NC(=O)CC1CCCCC1. The van der Waals surface area contributed by atoms with Gasteiger partial charge in [-0.15, -0.1) is 0 Å². The van der Waals surface area contributed by atoms with Crippen molar-refractivity contribution in [3.8, 4) is 5.75 Å². The van der Waals surface area contributed by atoms with Crippen LogP contribution in [0.15, 0.2) is 24.3 Å². The van der Waals surface area contributed by atoms with Crippen molar-refractivity contribution in [1.82, 2.24) is 10.2 Å². The molecular weight excluding hydrogens is 316 g/mol. The summed E-state index contributed by atoms with van der Waals surface area (Å²) in [6, 6.07) is 6.60. The zero-order valence-electron chi connectivity index (χ0n) is 14.9. The molecule has 1 heterocycles. The molecule has 0 radical (unpaired) electrons. The highest BCUT2D eigenvalue weighted by molar-refractivity contribution is 5.97. The van der Waals surface area contributed by atoms with E-state index in [1.165, 1.54) is 25.3 Å². The Labute approximate surface area is 149 Å². The lowest BCUT2D eigenvalue weighted by molar-refractivity contribution is -0.123. The lowest BCUT2D eigenvalue weighted by Gasteiger charge is -2.23. The van der Waals surface area contributed by atoms with E-state index in [0.717, 1.165) is 12.8 Å². The minimum Gasteiger partial charge on any atom is -0.507 e. The molecule has 136 valence electrons. The van der Waals surface area contributed by atoms with Gasteiger partial charge in [-0.2, -0.15) is 0 Å². The number of aromatic hydroxyl groups is 1. The van der Waals surface area contributed by atoms with Crippen molar-refractivity contribution in [2.75, 3.05) is 13.1 Å². The zero-order chi connectivity index (χ0) is 17.8. The number of hydrogen-bond acceptors (Lipinski definition) is 3. The van der Waals surface area contributed by atoms with Crippen molar-refractivity contribution >= 4 is 11.8 Å². The summed E-state index contributed by atoms with van der Waals surface area (Å²) in [7, 11) is 0. The van der Waals surface area contributed by atoms with E-state index in [9.17, 15) is 14.7 Å². The van der Waals surface area contributed by atoms with Crippen molar-refractivity contribution in [1.29, 1.82) is 0 Å². The number of phenolic OH excluding ortho intramolecular Hbond substituents is 1. The topological polar surface area (TPSA) is 69.6 Å². The Bertz CT molecular complexity index is 625. The van der Waals surface area contributed by atoms with Gasteiger partial charge >= 0.3 is 0 Å². The molecule has 2 atom stereocenters. The summed E-state index contributed by atoms with van der Waals surface area (Å²) in [6.45, 7) is 3.16. The molecule has 2 amide bonds. The molecule has 1 saturated carbocycles. The first kappa shape index (κ1) is 17.8. The van der Waals surface area contributed by atoms with Gasteiger partial charge in [0.25, 0.3) is 5.91 Å². The fourth-order valence-electron chi connectivity index (χ4n) is 4.06. The van der Waals surface area contributed by atoms with E-state index in [1.54, 1.807) is 23.1 Å². The number of rotatable bonds is 4. The van der Waals surface area contributed by atoms with Crippen molar-refractivity contribution in [2.24, 2.45) is 11.8 Å². The highest BCUT2D eigenvalue weighted by Crippen LogP contribution is 2.27. The zero-order valence-corrected chi connectivity index (χ0v) is 14.9. The third-order valence-corrected chi connectivity index (χ3v) is 5.58. The van der Waals surface area contributed by atoms with Crippen LogP contribution >= 0.6 is 0 Å². The summed E-state index contributed by atoms with van der Waals surface area (Å²) < 4.78 is 0. The van der Waals surface area contributed by atoms with E-state index in [1.807, 2.05) is 0 Å². The Hall–Kier alpha value is -2.04. The van der Waals surface area contributed by atoms with Gasteiger partial charge in [0.15, 0.2) is 0 Å². The highest BCUT2D eigenvalue weighted by Gasteiger charge is 2.34. The monoisotopic (exact) mass is 344 g/mol. The number of carbonyl (C=O) groups excluding carboxylic acids is 2. The smallest absolute Gasteiger partial charge is 0.257 e. The molecule has 0 spiro atoms. The molecule has 2 aliphatic rings. The van der Waals surface area contributed by atoms with Crippen LogP contribution in [-0.2, 0) is 4.79 Å². The number of amides is 2. The van der Waals surface area contributed by atoms with Gasteiger partial charge in [-0.25, -0.2) is 0 Å². The Morgan fingerprint density at radius 2 is 1.88 bits per heavy atom. The molecule has 1 aromatic rings. The molecule has 0 aromatic heterocycles. The van der Waals surface area contributed by atoms with E-state index < -0.39 is 0 Å². The maximum absolute atomic E-state index is 12.6. The van der Waals surface area contributed by atoms with Crippen LogP contribution in [-0.4, -0.2) is 41.0 Å². The number of nitrogens with zero attached hydrogens (tertiary/aromatic N) is 1. The molecule has 2 N–H and O–H groups in total. The van der Waals surface area contributed by atoms with Crippen LogP contribution in [0.5, 0.6) is 5.75 Å². The minimum absolute atomic E-state index is 0.00457. The number of para-hydroxylation sites is 1. The first-order valence-corrected chi connectivity index (χ1v) is 9.41. The first-order valence-electron chi connectivity index (χ1n) is 9.41. The summed E-state index contributed by atoms with van der Waals surface area (Å²) >= 11 is 0. The molecule has 0 unspecified atom stereocenters. The average molecular weight is 344 g/mol. The normalized spacial score (nSPS) is 24.3. The summed E-state index contributed by atoms with van der Waals surface area (Å²) in [4.78, 5) is 26.7. The average Bonchev–Trinajstić information content (AvgIpc) is 2.96. The fourth-order valence-corrected chi connectivity index (χ4v) is 4.06. The molecule has 1 saturated heterocycles. The number of benzene rings is 1. The van der Waals surface area contributed by atoms with Gasteiger partial charge < -0.3 is 15.3 Å². The fraction of sp³-hybridized carbons (Fsp3) is 0.600. The largest absolute Gasteiger partial charge is 0.507 e.